The van der Waals surface area contributed by atoms with Gasteiger partial charge in [-0.3, -0.25) is 14.5 Å². The van der Waals surface area contributed by atoms with Crippen LogP contribution in [0.15, 0.2) is 41.6 Å². The summed E-state index contributed by atoms with van der Waals surface area (Å²) in [5.74, 6) is -5.23. The number of nitrogens with two attached hydrogens (primary N) is 1. The Kier molecular flexibility index (Phi) is 9.61. The van der Waals surface area contributed by atoms with Crippen LogP contribution in [0.2, 0.25) is 0 Å². The van der Waals surface area contributed by atoms with Crippen LogP contribution in [0.5, 0.6) is 5.75 Å². The monoisotopic (exact) mass is 579 g/mol. The molecule has 3 atom stereocenters. The van der Waals surface area contributed by atoms with Crippen molar-refractivity contribution in [2.45, 2.75) is 37.5 Å². The first-order valence-electron chi connectivity index (χ1n) is 11.7. The van der Waals surface area contributed by atoms with Gasteiger partial charge in [-0.1, -0.05) is 11.3 Å². The number of piperidine rings is 1. The second kappa shape index (κ2) is 12.3. The molecule has 0 radical (unpaired) electrons. The first-order chi connectivity index (χ1) is 18.3. The first-order valence-corrected chi connectivity index (χ1v) is 12.5. The number of aromatic nitrogens is 1. The van der Waals surface area contributed by atoms with E-state index in [9.17, 15) is 27.2 Å². The van der Waals surface area contributed by atoms with E-state index in [1.54, 1.807) is 12.1 Å². The molecule has 3 unspecified atom stereocenters. The van der Waals surface area contributed by atoms with Crippen molar-refractivity contribution in [2.75, 3.05) is 32.3 Å². The topological polar surface area (TPSA) is 110 Å². The van der Waals surface area contributed by atoms with E-state index in [0.717, 1.165) is 23.6 Å². The van der Waals surface area contributed by atoms with Gasteiger partial charge in [0.25, 0.3) is 5.92 Å². The van der Waals surface area contributed by atoms with Gasteiger partial charge in [-0.25, -0.2) is 18.2 Å². The number of likely N-dealkylation sites (tertiary alicyclic amines) is 1. The lowest BCUT2D eigenvalue weighted by Gasteiger charge is -2.41. The Morgan fingerprint density at radius 2 is 2.10 bits per heavy atom. The van der Waals surface area contributed by atoms with Crippen molar-refractivity contribution in [2.24, 2.45) is 11.7 Å². The van der Waals surface area contributed by atoms with Crippen LogP contribution in [0.1, 0.15) is 13.3 Å². The van der Waals surface area contributed by atoms with E-state index in [1.807, 2.05) is 0 Å². The highest BCUT2D eigenvalue weighted by Crippen LogP contribution is 2.40. The van der Waals surface area contributed by atoms with Crippen molar-refractivity contribution >= 4 is 38.9 Å². The summed E-state index contributed by atoms with van der Waals surface area (Å²) in [4.78, 5) is 30.1. The van der Waals surface area contributed by atoms with Crippen LogP contribution in [-0.4, -0.2) is 73.3 Å². The van der Waals surface area contributed by atoms with Crippen LogP contribution in [0, 0.1) is 5.92 Å². The lowest BCUT2D eigenvalue weighted by Crippen LogP contribution is -2.53. The van der Waals surface area contributed by atoms with Crippen LogP contribution in [0.25, 0.3) is 10.2 Å². The Labute approximate surface area is 223 Å². The van der Waals surface area contributed by atoms with E-state index in [2.05, 4.69) is 15.6 Å². The summed E-state index contributed by atoms with van der Waals surface area (Å²) in [6.07, 6.45) is -3.93. The SMILES string of the molecule is CNC=C(/C=C(\C=O)C(N)C(F)(F)F)C1CN(C(C)C(=O)Nc2nc3ccc(OCF)cc3s2)CCC1(F)F. The zero-order chi connectivity index (χ0) is 29.0. The number of aldehydes is 1. The van der Waals surface area contributed by atoms with Gasteiger partial charge in [0.05, 0.1) is 22.2 Å². The van der Waals surface area contributed by atoms with Gasteiger partial charge >= 0.3 is 6.18 Å². The molecule has 214 valence electrons. The summed E-state index contributed by atoms with van der Waals surface area (Å²) in [6, 6.07) is 1.11. The zero-order valence-electron chi connectivity index (χ0n) is 20.9. The summed E-state index contributed by atoms with van der Waals surface area (Å²) >= 11 is 1.11. The number of nitrogens with zero attached hydrogens (tertiary/aromatic N) is 2. The number of allylic oxidation sites excluding steroid dienone is 1. The molecular formula is C24H27F6N5O3S. The molecule has 1 saturated heterocycles. The Hall–Kier alpha value is -3.17. The fraction of sp³-hybridized carbons (Fsp3) is 0.458. The van der Waals surface area contributed by atoms with Crippen molar-refractivity contribution in [3.05, 3.63) is 41.6 Å². The molecule has 0 bridgehead atoms. The summed E-state index contributed by atoms with van der Waals surface area (Å²) in [6.45, 7) is -0.0538. The van der Waals surface area contributed by atoms with Crippen molar-refractivity contribution < 1.29 is 40.7 Å². The maximum atomic E-state index is 15.0. The van der Waals surface area contributed by atoms with Gasteiger partial charge in [-0.15, -0.1) is 0 Å². The molecule has 39 heavy (non-hydrogen) atoms. The number of amides is 1. The van der Waals surface area contributed by atoms with Gasteiger partial charge in [0.2, 0.25) is 12.8 Å². The second-order valence-corrected chi connectivity index (χ2v) is 9.87. The lowest BCUT2D eigenvalue weighted by atomic mass is 9.85. The molecule has 1 aromatic carbocycles. The van der Waals surface area contributed by atoms with Crippen molar-refractivity contribution in [1.29, 1.82) is 0 Å². The maximum absolute atomic E-state index is 15.0. The lowest BCUT2D eigenvalue weighted by molar-refractivity contribution is -0.141. The third-order valence-corrected chi connectivity index (χ3v) is 7.23. The van der Waals surface area contributed by atoms with E-state index < -0.39 is 54.9 Å². The van der Waals surface area contributed by atoms with E-state index in [1.165, 1.54) is 24.9 Å². The molecule has 2 heterocycles. The second-order valence-electron chi connectivity index (χ2n) is 8.84. The van der Waals surface area contributed by atoms with Crippen molar-refractivity contribution in [1.82, 2.24) is 15.2 Å². The minimum absolute atomic E-state index is 0.110. The van der Waals surface area contributed by atoms with Crippen LogP contribution < -0.4 is 21.1 Å². The third kappa shape index (κ3) is 7.28. The number of rotatable bonds is 10. The van der Waals surface area contributed by atoms with Gasteiger partial charge in [-0.05, 0) is 43.0 Å². The summed E-state index contributed by atoms with van der Waals surface area (Å²) in [5.41, 5.74) is 4.50. The van der Waals surface area contributed by atoms with Gasteiger partial charge in [0.1, 0.15) is 18.1 Å². The molecule has 2 aromatic rings. The maximum Gasteiger partial charge on any atom is 0.407 e. The third-order valence-electron chi connectivity index (χ3n) is 6.29. The standard InChI is InChI=1S/C24H27F6N5O3S/c1-13(21(37)34-22-33-18-4-3-16(38-12-25)8-19(18)39-22)35-6-5-23(26,27)17(10-35)14(9-32-2)7-15(11-36)20(31)24(28,29)30/h3-4,7-9,11,13,17,20,32H,5-6,10,12,31H2,1-2H3,(H,33,34,37)/b14-9?,15-7+. The molecule has 1 aromatic heterocycles. The van der Waals surface area contributed by atoms with Gasteiger partial charge in [0, 0.05) is 32.1 Å². The summed E-state index contributed by atoms with van der Waals surface area (Å²) in [7, 11) is 1.37. The Morgan fingerprint density at radius 1 is 1.38 bits per heavy atom. The average molecular weight is 580 g/mol. The molecule has 0 spiro atoms. The van der Waals surface area contributed by atoms with Crippen LogP contribution in [0.4, 0.5) is 31.5 Å². The predicted molar refractivity (Wildman–Crippen MR) is 134 cm³/mol. The number of alkyl halides is 6. The van der Waals surface area contributed by atoms with E-state index in [4.69, 9.17) is 10.5 Å². The minimum Gasteiger partial charge on any atom is -0.463 e. The zero-order valence-corrected chi connectivity index (χ0v) is 21.7. The first kappa shape index (κ1) is 30.4. The molecule has 4 N–H and O–H groups in total. The van der Waals surface area contributed by atoms with E-state index >= 15 is 8.78 Å². The number of carbonyl (C=O) groups is 2. The molecule has 15 heteroatoms. The molecule has 1 fully saturated rings. The number of halogens is 6. The molecule has 8 nitrogen and oxygen atoms in total. The average Bonchev–Trinajstić information content (AvgIpc) is 3.27. The molecule has 1 aliphatic heterocycles. The smallest absolute Gasteiger partial charge is 0.407 e. The van der Waals surface area contributed by atoms with E-state index in [-0.39, 0.29) is 35.8 Å². The van der Waals surface area contributed by atoms with E-state index in [0.29, 0.717) is 10.2 Å². The number of carbonyl (C=O) groups excluding carboxylic acids is 2. The molecule has 3 rings (SSSR count). The van der Waals surface area contributed by atoms with Crippen LogP contribution >= 0.6 is 11.3 Å². The van der Waals surface area contributed by atoms with Crippen molar-refractivity contribution in [3.63, 3.8) is 0 Å². The number of fused-ring (bicyclic) bond motifs is 1. The fourth-order valence-electron chi connectivity index (χ4n) is 4.10. The predicted octanol–water partition coefficient (Wildman–Crippen LogP) is 4.00. The molecule has 0 aliphatic carbocycles. The van der Waals surface area contributed by atoms with Gasteiger partial charge in [0.15, 0.2) is 5.13 Å². The highest BCUT2D eigenvalue weighted by atomic mass is 32.1. The highest BCUT2D eigenvalue weighted by Gasteiger charge is 2.47. The largest absolute Gasteiger partial charge is 0.463 e. The highest BCUT2D eigenvalue weighted by molar-refractivity contribution is 7.22. The molecular weight excluding hydrogens is 552 g/mol. The normalized spacial score (nSPS) is 20.4. The number of benzene rings is 1. The molecule has 1 aliphatic rings. The van der Waals surface area contributed by atoms with Gasteiger partial charge in [-0.2, -0.15) is 13.2 Å². The van der Waals surface area contributed by atoms with Crippen molar-refractivity contribution in [3.8, 4) is 5.75 Å². The number of ether oxygens (including phenoxy) is 1. The fourth-order valence-corrected chi connectivity index (χ4v) is 5.00. The van der Waals surface area contributed by atoms with Gasteiger partial charge < -0.3 is 21.1 Å². The number of hydrogen-bond donors (Lipinski definition) is 3. The number of nitrogens with one attached hydrogen (secondary N) is 2. The molecule has 1 amide bonds. The summed E-state index contributed by atoms with van der Waals surface area (Å²) in [5, 5.41) is 5.39. The Bertz CT molecular complexity index is 1250. The number of thiazole rings is 1. The quantitative estimate of drug-likeness (QED) is 0.169. The number of hydrogen-bond acceptors (Lipinski definition) is 8. The van der Waals surface area contributed by atoms with Crippen LogP contribution in [-0.2, 0) is 9.59 Å². The Balaban J connectivity index is 1.80. The Morgan fingerprint density at radius 3 is 2.72 bits per heavy atom. The van der Waals surface area contributed by atoms with Crippen LogP contribution in [0.3, 0.4) is 0 Å². The number of anilines is 1. The summed E-state index contributed by atoms with van der Waals surface area (Å²) < 4.78 is 87.2. The minimum atomic E-state index is -4.95. The molecule has 0 saturated carbocycles.